The summed E-state index contributed by atoms with van der Waals surface area (Å²) in [6.45, 7) is 3.35. The van der Waals surface area contributed by atoms with Gasteiger partial charge in [0.15, 0.2) is 5.82 Å². The van der Waals surface area contributed by atoms with Crippen molar-refractivity contribution < 1.29 is 27.6 Å². The van der Waals surface area contributed by atoms with Gasteiger partial charge in [0.05, 0.1) is 0 Å². The molecule has 0 bridgehead atoms. The summed E-state index contributed by atoms with van der Waals surface area (Å²) in [5.74, 6) is -3.18. The van der Waals surface area contributed by atoms with E-state index in [1.165, 1.54) is 12.3 Å². The van der Waals surface area contributed by atoms with Gasteiger partial charge in [0.25, 0.3) is 0 Å². The molecule has 12 heteroatoms. The van der Waals surface area contributed by atoms with Gasteiger partial charge in [0.2, 0.25) is 5.82 Å². The number of alkyl halides is 3. The topological polar surface area (TPSA) is 111 Å². The largest absolute Gasteiger partial charge is 0.493 e. The average molecular weight is 436 g/mol. The zero-order chi connectivity index (χ0) is 23.0. The van der Waals surface area contributed by atoms with Gasteiger partial charge in [-0.15, -0.1) is 0 Å². The Balaban J connectivity index is 2.38. The Morgan fingerprint density at radius 2 is 1.90 bits per heavy atom. The highest BCUT2D eigenvalue weighted by atomic mass is 19.4. The van der Waals surface area contributed by atoms with Gasteiger partial charge in [-0.05, 0) is 16.7 Å². The van der Waals surface area contributed by atoms with E-state index in [2.05, 4.69) is 20.1 Å². The van der Waals surface area contributed by atoms with Crippen molar-refractivity contribution in [3.05, 3.63) is 54.0 Å². The number of rotatable bonds is 6. The molecule has 2 aromatic rings. The van der Waals surface area contributed by atoms with Crippen molar-refractivity contribution in [1.29, 1.82) is 5.26 Å². The predicted octanol–water partition coefficient (Wildman–Crippen LogP) is 2.96. The molecule has 0 saturated carbocycles. The van der Waals surface area contributed by atoms with Crippen LogP contribution in [-0.4, -0.2) is 39.9 Å². The number of nitrogens with zero attached hydrogens (tertiary/aromatic N) is 5. The highest BCUT2D eigenvalue weighted by molar-refractivity contribution is 5.80. The minimum atomic E-state index is -5.34. The molecule has 0 aliphatic heterocycles. The molecule has 9 nitrogen and oxygen atoms in total. The number of anilines is 1. The van der Waals surface area contributed by atoms with Crippen molar-refractivity contribution in [3.63, 3.8) is 0 Å². The van der Waals surface area contributed by atoms with Gasteiger partial charge in [0, 0.05) is 25.4 Å². The molecule has 2 rings (SSSR count). The average Bonchev–Trinajstić information content (AvgIpc) is 2.74. The predicted molar refractivity (Wildman–Crippen MR) is 102 cm³/mol. The minimum Gasteiger partial charge on any atom is -0.330 e. The van der Waals surface area contributed by atoms with E-state index in [1.807, 2.05) is 0 Å². The lowest BCUT2D eigenvalue weighted by atomic mass is 10.2. The van der Waals surface area contributed by atoms with Gasteiger partial charge in [-0.1, -0.05) is 44.2 Å². The number of urea groups is 1. The highest BCUT2D eigenvalue weighted by Crippen LogP contribution is 2.21. The van der Waals surface area contributed by atoms with E-state index in [0.29, 0.717) is 5.56 Å². The fourth-order valence-corrected chi connectivity index (χ4v) is 2.33. The Labute approximate surface area is 176 Å². The third-order valence-corrected chi connectivity index (χ3v) is 3.62. The van der Waals surface area contributed by atoms with Crippen LogP contribution in [0.5, 0.6) is 0 Å². The summed E-state index contributed by atoms with van der Waals surface area (Å²) < 4.78 is 38.6. The fraction of sp³-hybridized carbons (Fsp3) is 0.316. The standard InChI is InChI=1S/C19H19F3N6O3/c1-13(2)12-27(16-8-9-24-15(10-23)26-16)28(31-17(29)19(20,21)22)18(30)25-11-14-6-4-3-5-7-14/h3-9,13H,11-12H2,1-2H3,(H,25,30). The van der Waals surface area contributed by atoms with E-state index >= 15 is 0 Å². The number of halogens is 3. The molecule has 1 aromatic carbocycles. The molecular formula is C19H19F3N6O3. The number of carbonyl (C=O) groups excluding carboxylic acids is 2. The number of aromatic nitrogens is 2. The molecule has 1 N–H and O–H groups in total. The molecule has 0 spiro atoms. The van der Waals surface area contributed by atoms with Crippen molar-refractivity contribution in [2.75, 3.05) is 11.6 Å². The number of benzene rings is 1. The molecule has 0 saturated heterocycles. The first kappa shape index (κ1) is 23.4. The van der Waals surface area contributed by atoms with Crippen LogP contribution in [-0.2, 0) is 16.2 Å². The van der Waals surface area contributed by atoms with Crippen molar-refractivity contribution in [2.45, 2.75) is 26.6 Å². The first-order chi connectivity index (χ1) is 14.6. The Kier molecular flexibility index (Phi) is 7.73. The first-order valence-corrected chi connectivity index (χ1v) is 9.03. The molecule has 0 atom stereocenters. The molecule has 2 amide bonds. The summed E-state index contributed by atoms with van der Waals surface area (Å²) in [5.41, 5.74) is 0.669. The van der Waals surface area contributed by atoms with Gasteiger partial charge in [-0.3, -0.25) is 0 Å². The molecule has 0 unspecified atom stereocenters. The fourth-order valence-electron chi connectivity index (χ4n) is 2.33. The molecule has 31 heavy (non-hydrogen) atoms. The van der Waals surface area contributed by atoms with E-state index in [1.54, 1.807) is 50.2 Å². The number of nitriles is 1. The van der Waals surface area contributed by atoms with Gasteiger partial charge in [-0.2, -0.15) is 23.4 Å². The number of hydrogen-bond acceptors (Lipinski definition) is 7. The number of nitrogens with one attached hydrogen (secondary N) is 1. The second kappa shape index (κ2) is 10.2. The van der Waals surface area contributed by atoms with Crippen LogP contribution < -0.4 is 10.3 Å². The van der Waals surface area contributed by atoms with Crippen molar-refractivity contribution >= 4 is 17.8 Å². The van der Waals surface area contributed by atoms with Crippen LogP contribution in [0, 0.1) is 17.2 Å². The summed E-state index contributed by atoms with van der Waals surface area (Å²) in [6, 6.07) is 10.4. The lowest BCUT2D eigenvalue weighted by Gasteiger charge is -2.34. The van der Waals surface area contributed by atoms with E-state index in [0.717, 1.165) is 5.01 Å². The molecule has 0 aliphatic rings. The van der Waals surface area contributed by atoms with Crippen LogP contribution in [0.25, 0.3) is 0 Å². The van der Waals surface area contributed by atoms with Gasteiger partial charge in [0.1, 0.15) is 6.07 Å². The van der Waals surface area contributed by atoms with E-state index in [9.17, 15) is 22.8 Å². The Bertz CT molecular complexity index is 947. The van der Waals surface area contributed by atoms with Gasteiger partial charge >= 0.3 is 18.2 Å². The molecule has 0 radical (unpaired) electrons. The SMILES string of the molecule is CC(C)CN(c1ccnc(C#N)n1)N(OC(=O)C(F)(F)F)C(=O)NCc1ccccc1. The molecule has 1 aromatic heterocycles. The van der Waals surface area contributed by atoms with E-state index in [4.69, 9.17) is 5.26 Å². The van der Waals surface area contributed by atoms with Crippen LogP contribution in [0.1, 0.15) is 25.2 Å². The summed E-state index contributed by atoms with van der Waals surface area (Å²) in [7, 11) is 0. The molecule has 1 heterocycles. The van der Waals surface area contributed by atoms with Gasteiger partial charge < -0.3 is 10.2 Å². The summed E-state index contributed by atoms with van der Waals surface area (Å²) in [5, 5.41) is 12.5. The van der Waals surface area contributed by atoms with Crippen LogP contribution in [0.4, 0.5) is 23.8 Å². The van der Waals surface area contributed by atoms with E-state index in [-0.39, 0.29) is 35.8 Å². The lowest BCUT2D eigenvalue weighted by molar-refractivity contribution is -0.230. The van der Waals surface area contributed by atoms with Crippen LogP contribution in [0.15, 0.2) is 42.6 Å². The lowest BCUT2D eigenvalue weighted by Crippen LogP contribution is -2.54. The summed E-state index contributed by atoms with van der Waals surface area (Å²) >= 11 is 0. The van der Waals surface area contributed by atoms with Crippen molar-refractivity contribution in [3.8, 4) is 6.07 Å². The highest BCUT2D eigenvalue weighted by Gasteiger charge is 2.44. The second-order valence-corrected chi connectivity index (χ2v) is 6.62. The van der Waals surface area contributed by atoms with Crippen molar-refractivity contribution in [1.82, 2.24) is 20.5 Å². The maximum Gasteiger partial charge on any atom is 0.493 e. The zero-order valence-corrected chi connectivity index (χ0v) is 16.6. The van der Waals surface area contributed by atoms with Crippen molar-refractivity contribution in [2.24, 2.45) is 5.92 Å². The number of hydroxylamine groups is 1. The monoisotopic (exact) mass is 436 g/mol. The smallest absolute Gasteiger partial charge is 0.330 e. The molecule has 0 aliphatic carbocycles. The minimum absolute atomic E-state index is 0.0392. The quantitative estimate of drug-likeness (QED) is 0.693. The molecule has 164 valence electrons. The van der Waals surface area contributed by atoms with Crippen LogP contribution in [0.3, 0.4) is 0 Å². The van der Waals surface area contributed by atoms with Crippen LogP contribution >= 0.6 is 0 Å². The third kappa shape index (κ3) is 6.84. The Hall–Kier alpha value is -3.88. The number of carbonyl (C=O) groups is 2. The van der Waals surface area contributed by atoms with E-state index < -0.39 is 18.2 Å². The zero-order valence-electron chi connectivity index (χ0n) is 16.6. The normalized spacial score (nSPS) is 10.9. The molecule has 0 fully saturated rings. The summed E-state index contributed by atoms with van der Waals surface area (Å²) in [4.78, 5) is 36.3. The Morgan fingerprint density at radius 1 is 1.23 bits per heavy atom. The maximum absolute atomic E-state index is 12.9. The third-order valence-electron chi connectivity index (χ3n) is 3.62. The first-order valence-electron chi connectivity index (χ1n) is 9.03. The molecular weight excluding hydrogens is 417 g/mol. The number of amides is 2. The second-order valence-electron chi connectivity index (χ2n) is 6.62. The maximum atomic E-state index is 12.9. The summed E-state index contributed by atoms with van der Waals surface area (Å²) in [6.07, 6.45) is -4.15. The van der Waals surface area contributed by atoms with Gasteiger partial charge in [-0.25, -0.2) is 19.6 Å². The number of hydrogen-bond donors (Lipinski definition) is 1. The van der Waals surface area contributed by atoms with Crippen LogP contribution in [0.2, 0.25) is 0 Å². The number of hydrazine groups is 1. The Morgan fingerprint density at radius 3 is 2.48 bits per heavy atom.